The molecule has 1 heterocycles. The fourth-order valence-corrected chi connectivity index (χ4v) is 2.01. The van der Waals surface area contributed by atoms with Crippen LogP contribution in [-0.2, 0) is 0 Å². The van der Waals surface area contributed by atoms with Crippen LogP contribution in [0.2, 0.25) is 0 Å². The van der Waals surface area contributed by atoms with Gasteiger partial charge in [-0.25, -0.2) is 0 Å². The van der Waals surface area contributed by atoms with Crippen LogP contribution in [-0.4, -0.2) is 20.4 Å². The Balaban J connectivity index is 1.93. The minimum Gasteiger partial charge on any atom is -0.126 e. The molecule has 19 heavy (non-hydrogen) atoms. The summed E-state index contributed by atoms with van der Waals surface area (Å²) in [7, 11) is 0. The molecule has 0 bridgehead atoms. The van der Waals surface area contributed by atoms with Crippen LogP contribution in [0.25, 0.3) is 22.8 Å². The zero-order valence-corrected chi connectivity index (χ0v) is 12.0. The molecule has 3 rings (SSSR count). The molecular formula is C14H9IN4. The highest BCUT2D eigenvalue weighted by molar-refractivity contribution is 14.1. The number of hydrogen-bond acceptors (Lipinski definition) is 4. The molecule has 0 aliphatic rings. The highest BCUT2D eigenvalue weighted by Gasteiger charge is 2.05. The van der Waals surface area contributed by atoms with Crippen LogP contribution in [0.5, 0.6) is 0 Å². The van der Waals surface area contributed by atoms with Gasteiger partial charge in [0.15, 0.2) is 0 Å². The molecule has 3 aromatic rings. The van der Waals surface area contributed by atoms with E-state index >= 15 is 0 Å². The molecule has 0 saturated heterocycles. The van der Waals surface area contributed by atoms with Crippen molar-refractivity contribution < 1.29 is 0 Å². The van der Waals surface area contributed by atoms with Gasteiger partial charge in [-0.1, -0.05) is 42.5 Å². The van der Waals surface area contributed by atoms with Crippen LogP contribution >= 0.6 is 22.6 Å². The molecule has 0 amide bonds. The summed E-state index contributed by atoms with van der Waals surface area (Å²) in [4.78, 5) is 0. The van der Waals surface area contributed by atoms with Crippen LogP contribution in [0, 0.1) is 3.57 Å². The Labute approximate surface area is 124 Å². The van der Waals surface area contributed by atoms with Gasteiger partial charge in [0.05, 0.1) is 0 Å². The van der Waals surface area contributed by atoms with Gasteiger partial charge in [-0.2, -0.15) is 0 Å². The van der Waals surface area contributed by atoms with Gasteiger partial charge in [-0.05, 0) is 34.7 Å². The van der Waals surface area contributed by atoms with E-state index in [0.29, 0.717) is 11.6 Å². The summed E-state index contributed by atoms with van der Waals surface area (Å²) >= 11 is 2.26. The summed E-state index contributed by atoms with van der Waals surface area (Å²) in [6.45, 7) is 0. The van der Waals surface area contributed by atoms with E-state index in [1.54, 1.807) is 0 Å². The molecule has 2 aromatic carbocycles. The molecule has 0 spiro atoms. The van der Waals surface area contributed by atoms with Crippen molar-refractivity contribution in [3.8, 4) is 22.8 Å². The second-order valence-corrected chi connectivity index (χ2v) is 5.17. The molecule has 0 unspecified atom stereocenters. The molecule has 0 aliphatic carbocycles. The van der Waals surface area contributed by atoms with E-state index in [9.17, 15) is 0 Å². The highest BCUT2D eigenvalue weighted by atomic mass is 127. The van der Waals surface area contributed by atoms with E-state index in [2.05, 4.69) is 43.0 Å². The minimum atomic E-state index is 0.537. The third-order valence-electron chi connectivity index (χ3n) is 2.61. The van der Waals surface area contributed by atoms with Gasteiger partial charge < -0.3 is 0 Å². The second-order valence-electron chi connectivity index (χ2n) is 3.92. The average Bonchev–Trinajstić information content (AvgIpc) is 2.49. The second kappa shape index (κ2) is 5.40. The van der Waals surface area contributed by atoms with Crippen LogP contribution in [0.15, 0.2) is 54.6 Å². The summed E-state index contributed by atoms with van der Waals surface area (Å²) in [6.07, 6.45) is 0. The third kappa shape index (κ3) is 2.76. The topological polar surface area (TPSA) is 51.6 Å². The van der Waals surface area contributed by atoms with Crippen molar-refractivity contribution in [1.82, 2.24) is 20.4 Å². The fraction of sp³-hybridized carbons (Fsp3) is 0. The third-order valence-corrected chi connectivity index (χ3v) is 3.33. The number of rotatable bonds is 2. The zero-order chi connectivity index (χ0) is 13.1. The van der Waals surface area contributed by atoms with Crippen LogP contribution in [0.1, 0.15) is 0 Å². The molecule has 5 heteroatoms. The lowest BCUT2D eigenvalue weighted by Gasteiger charge is -2.00. The summed E-state index contributed by atoms with van der Waals surface area (Å²) < 4.78 is 1.17. The lowest BCUT2D eigenvalue weighted by Crippen LogP contribution is -1.99. The number of benzene rings is 2. The Kier molecular flexibility index (Phi) is 3.45. The summed E-state index contributed by atoms with van der Waals surface area (Å²) in [5, 5.41) is 16.5. The standard InChI is InChI=1S/C14H9IN4/c15-12-8-6-11(7-9-12)14-18-16-13(17-19-14)10-4-2-1-3-5-10/h1-9H. The van der Waals surface area contributed by atoms with Gasteiger partial charge >= 0.3 is 0 Å². The zero-order valence-electron chi connectivity index (χ0n) is 9.86. The molecule has 0 radical (unpaired) electrons. The van der Waals surface area contributed by atoms with Gasteiger partial charge in [0.2, 0.25) is 11.6 Å². The van der Waals surface area contributed by atoms with Crippen molar-refractivity contribution in [3.63, 3.8) is 0 Å². The first-order chi connectivity index (χ1) is 9.33. The SMILES string of the molecule is Ic1ccc(-c2nnc(-c3ccccc3)nn2)cc1. The largest absolute Gasteiger partial charge is 0.203 e. The summed E-state index contributed by atoms with van der Waals surface area (Å²) in [6, 6.07) is 17.6. The van der Waals surface area contributed by atoms with Crippen LogP contribution in [0.4, 0.5) is 0 Å². The molecule has 0 fully saturated rings. The predicted octanol–water partition coefficient (Wildman–Crippen LogP) is 3.21. The Morgan fingerprint density at radius 3 is 1.58 bits per heavy atom. The Hall–Kier alpha value is -1.89. The van der Waals surface area contributed by atoms with Crippen molar-refractivity contribution in [2.75, 3.05) is 0 Å². The summed E-state index contributed by atoms with van der Waals surface area (Å²) in [5.74, 6) is 1.07. The lowest BCUT2D eigenvalue weighted by atomic mass is 10.2. The first-order valence-corrected chi connectivity index (χ1v) is 6.79. The van der Waals surface area contributed by atoms with Gasteiger partial charge in [-0.15, -0.1) is 20.4 Å². The van der Waals surface area contributed by atoms with Crippen LogP contribution in [0.3, 0.4) is 0 Å². The van der Waals surface area contributed by atoms with E-state index in [-0.39, 0.29) is 0 Å². The van der Waals surface area contributed by atoms with Crippen molar-refractivity contribution in [2.45, 2.75) is 0 Å². The highest BCUT2D eigenvalue weighted by Crippen LogP contribution is 2.17. The quantitative estimate of drug-likeness (QED) is 0.659. The predicted molar refractivity (Wildman–Crippen MR) is 81.2 cm³/mol. The number of nitrogens with zero attached hydrogens (tertiary/aromatic N) is 4. The van der Waals surface area contributed by atoms with E-state index in [0.717, 1.165) is 11.1 Å². The lowest BCUT2D eigenvalue weighted by molar-refractivity contribution is 0.876. The maximum atomic E-state index is 4.13. The number of hydrogen-bond donors (Lipinski definition) is 0. The van der Waals surface area contributed by atoms with Crippen molar-refractivity contribution in [2.24, 2.45) is 0 Å². The molecular weight excluding hydrogens is 351 g/mol. The van der Waals surface area contributed by atoms with Crippen molar-refractivity contribution in [1.29, 1.82) is 0 Å². The van der Waals surface area contributed by atoms with E-state index in [4.69, 9.17) is 0 Å². The van der Waals surface area contributed by atoms with Gasteiger partial charge in [0.1, 0.15) is 0 Å². The molecule has 0 saturated carbocycles. The molecule has 4 nitrogen and oxygen atoms in total. The van der Waals surface area contributed by atoms with Crippen molar-refractivity contribution in [3.05, 3.63) is 58.2 Å². The maximum Gasteiger partial charge on any atom is 0.203 e. The fourth-order valence-electron chi connectivity index (χ4n) is 1.65. The monoisotopic (exact) mass is 360 g/mol. The van der Waals surface area contributed by atoms with E-state index in [1.807, 2.05) is 54.6 Å². The van der Waals surface area contributed by atoms with Gasteiger partial charge in [0, 0.05) is 14.7 Å². The maximum absolute atomic E-state index is 4.13. The molecule has 0 atom stereocenters. The van der Waals surface area contributed by atoms with Crippen molar-refractivity contribution >= 4 is 22.6 Å². The van der Waals surface area contributed by atoms with Gasteiger partial charge in [-0.3, -0.25) is 0 Å². The molecule has 92 valence electrons. The van der Waals surface area contributed by atoms with Gasteiger partial charge in [0.25, 0.3) is 0 Å². The molecule has 0 aliphatic heterocycles. The number of aromatic nitrogens is 4. The molecule has 0 N–H and O–H groups in total. The molecule has 1 aromatic heterocycles. The summed E-state index contributed by atoms with van der Waals surface area (Å²) in [5.41, 5.74) is 1.83. The Morgan fingerprint density at radius 1 is 0.579 bits per heavy atom. The minimum absolute atomic E-state index is 0.537. The first kappa shape index (κ1) is 12.2. The average molecular weight is 360 g/mol. The van der Waals surface area contributed by atoms with E-state index < -0.39 is 0 Å². The van der Waals surface area contributed by atoms with E-state index in [1.165, 1.54) is 3.57 Å². The smallest absolute Gasteiger partial charge is 0.126 e. The number of halogens is 1. The Morgan fingerprint density at radius 2 is 1.05 bits per heavy atom. The Bertz CT molecular complexity index is 666. The first-order valence-electron chi connectivity index (χ1n) is 5.72. The normalized spacial score (nSPS) is 10.4. The van der Waals surface area contributed by atoms with Crippen LogP contribution < -0.4 is 0 Å².